The third-order valence-electron chi connectivity index (χ3n) is 5.66. The molecule has 2 aromatic carbocycles. The van der Waals surface area contributed by atoms with Gasteiger partial charge in [-0.15, -0.1) is 5.10 Å². The van der Waals surface area contributed by atoms with E-state index in [9.17, 15) is 0 Å². The lowest BCUT2D eigenvalue weighted by Crippen LogP contribution is -2.54. The van der Waals surface area contributed by atoms with E-state index in [2.05, 4.69) is 26.9 Å². The molecule has 0 spiro atoms. The number of rotatable bonds is 10. The summed E-state index contributed by atoms with van der Waals surface area (Å²) in [5, 5.41) is 26.8. The van der Waals surface area contributed by atoms with Gasteiger partial charge in [-0.1, -0.05) is 41.4 Å². The summed E-state index contributed by atoms with van der Waals surface area (Å²) in [4.78, 5) is 0. The Morgan fingerprint density at radius 3 is 2.61 bits per heavy atom. The quantitative estimate of drug-likeness (QED) is 0.420. The largest absolute Gasteiger partial charge is 0.396 e. The van der Waals surface area contributed by atoms with Crippen molar-refractivity contribution >= 4 is 35.0 Å². The Morgan fingerprint density at radius 2 is 1.87 bits per heavy atom. The fraction of sp³-hybridized carbons (Fsp3) is 0.409. The zero-order chi connectivity index (χ0) is 21.7. The summed E-state index contributed by atoms with van der Waals surface area (Å²) < 4.78 is 1.80. The van der Waals surface area contributed by atoms with E-state index in [4.69, 9.17) is 28.3 Å². The lowest BCUT2D eigenvalue weighted by atomic mass is 9.65. The Bertz CT molecular complexity index is 992. The molecule has 1 aliphatic rings. The molecule has 1 aliphatic carbocycles. The topological polar surface area (TPSA) is 75.9 Å². The molecule has 0 radical (unpaired) electrons. The van der Waals surface area contributed by atoms with Crippen molar-refractivity contribution in [2.24, 2.45) is 0 Å². The molecular formula is C22H25Cl2N5OS. The van der Waals surface area contributed by atoms with Gasteiger partial charge in [0.2, 0.25) is 0 Å². The molecule has 0 unspecified atom stereocenters. The molecule has 6 nitrogen and oxygen atoms in total. The van der Waals surface area contributed by atoms with Gasteiger partial charge in [0.1, 0.15) is 0 Å². The molecular weight excluding hydrogens is 453 g/mol. The highest BCUT2D eigenvalue weighted by Crippen LogP contribution is 2.51. The van der Waals surface area contributed by atoms with Gasteiger partial charge in [-0.05, 0) is 77.3 Å². The lowest BCUT2D eigenvalue weighted by molar-refractivity contribution is 0.140. The molecule has 0 atom stereocenters. The molecule has 2 N–H and O–H groups in total. The number of nitrogens with one attached hydrogen (secondary N) is 1. The van der Waals surface area contributed by atoms with Gasteiger partial charge < -0.3 is 10.4 Å². The first-order valence-corrected chi connectivity index (χ1v) is 12.3. The SMILES string of the molecule is OCCCSCCNC1(c2nnnn2-c2ccc(Cl)cc2)CC(c2ccccc2Cl)C1. The van der Waals surface area contributed by atoms with Crippen molar-refractivity contribution in [2.45, 2.75) is 30.7 Å². The van der Waals surface area contributed by atoms with E-state index in [1.54, 1.807) is 4.68 Å². The summed E-state index contributed by atoms with van der Waals surface area (Å²) >= 11 is 14.4. The Balaban J connectivity index is 1.55. The number of nitrogens with zero attached hydrogens (tertiary/aromatic N) is 4. The summed E-state index contributed by atoms with van der Waals surface area (Å²) in [5.41, 5.74) is 1.72. The molecule has 0 amide bonds. The van der Waals surface area contributed by atoms with Crippen LogP contribution in [-0.4, -0.2) is 50.0 Å². The maximum absolute atomic E-state index is 8.97. The van der Waals surface area contributed by atoms with E-state index in [0.29, 0.717) is 10.9 Å². The van der Waals surface area contributed by atoms with Crippen LogP contribution in [0.2, 0.25) is 10.0 Å². The minimum Gasteiger partial charge on any atom is -0.396 e. The van der Waals surface area contributed by atoms with Gasteiger partial charge in [0.25, 0.3) is 0 Å². The first kappa shape index (κ1) is 22.6. The summed E-state index contributed by atoms with van der Waals surface area (Å²) in [6, 6.07) is 15.6. The molecule has 0 aliphatic heterocycles. The monoisotopic (exact) mass is 477 g/mol. The van der Waals surface area contributed by atoms with E-state index >= 15 is 0 Å². The minimum absolute atomic E-state index is 0.236. The van der Waals surface area contributed by atoms with Gasteiger partial charge in [0.15, 0.2) is 5.82 Å². The fourth-order valence-corrected chi connectivity index (χ4v) is 5.29. The third-order valence-corrected chi connectivity index (χ3v) is 7.33. The Hall–Kier alpha value is -1.64. The van der Waals surface area contributed by atoms with Gasteiger partial charge in [0.05, 0.1) is 11.2 Å². The van der Waals surface area contributed by atoms with Crippen LogP contribution in [0.4, 0.5) is 0 Å². The van der Waals surface area contributed by atoms with Crippen LogP contribution < -0.4 is 5.32 Å². The van der Waals surface area contributed by atoms with Gasteiger partial charge in [-0.25, -0.2) is 0 Å². The highest BCUT2D eigenvalue weighted by atomic mass is 35.5. The first-order chi connectivity index (χ1) is 15.1. The molecule has 1 fully saturated rings. The van der Waals surface area contributed by atoms with Crippen molar-refractivity contribution in [1.29, 1.82) is 0 Å². The molecule has 1 saturated carbocycles. The van der Waals surface area contributed by atoms with E-state index in [0.717, 1.165) is 53.8 Å². The van der Waals surface area contributed by atoms with E-state index in [-0.39, 0.29) is 12.1 Å². The van der Waals surface area contributed by atoms with Crippen molar-refractivity contribution in [3.05, 3.63) is 70.0 Å². The summed E-state index contributed by atoms with van der Waals surface area (Å²) in [6.45, 7) is 1.07. The fourth-order valence-electron chi connectivity index (χ4n) is 4.09. The highest BCUT2D eigenvalue weighted by Gasteiger charge is 2.50. The van der Waals surface area contributed by atoms with Crippen molar-refractivity contribution in [1.82, 2.24) is 25.5 Å². The van der Waals surface area contributed by atoms with Crippen molar-refractivity contribution in [3.8, 4) is 5.69 Å². The highest BCUT2D eigenvalue weighted by molar-refractivity contribution is 7.99. The van der Waals surface area contributed by atoms with Crippen LogP contribution in [-0.2, 0) is 5.54 Å². The van der Waals surface area contributed by atoms with Crippen LogP contribution in [0.3, 0.4) is 0 Å². The second-order valence-corrected chi connectivity index (χ2v) is 9.78. The van der Waals surface area contributed by atoms with Crippen LogP contribution in [0, 0.1) is 0 Å². The van der Waals surface area contributed by atoms with E-state index in [1.807, 2.05) is 54.2 Å². The molecule has 3 aromatic rings. The van der Waals surface area contributed by atoms with E-state index < -0.39 is 0 Å². The Kier molecular flexibility index (Phi) is 7.51. The summed E-state index contributed by atoms with van der Waals surface area (Å²) in [7, 11) is 0. The molecule has 31 heavy (non-hydrogen) atoms. The predicted molar refractivity (Wildman–Crippen MR) is 126 cm³/mol. The number of hydrogen-bond donors (Lipinski definition) is 2. The van der Waals surface area contributed by atoms with Crippen LogP contribution >= 0.6 is 35.0 Å². The zero-order valence-corrected chi connectivity index (χ0v) is 19.4. The van der Waals surface area contributed by atoms with Gasteiger partial charge >= 0.3 is 0 Å². The number of tetrazole rings is 1. The maximum Gasteiger partial charge on any atom is 0.176 e. The van der Waals surface area contributed by atoms with Gasteiger partial charge in [0, 0.05) is 28.9 Å². The Labute approximate surface area is 196 Å². The second-order valence-electron chi connectivity index (χ2n) is 7.72. The number of aromatic nitrogens is 4. The Morgan fingerprint density at radius 1 is 1.10 bits per heavy atom. The molecule has 0 bridgehead atoms. The number of benzene rings is 2. The molecule has 1 aromatic heterocycles. The van der Waals surface area contributed by atoms with Gasteiger partial charge in [-0.2, -0.15) is 16.4 Å². The number of thioether (sulfide) groups is 1. The number of aliphatic hydroxyl groups is 1. The number of halogens is 2. The average Bonchev–Trinajstić information content (AvgIpc) is 3.23. The maximum atomic E-state index is 8.97. The summed E-state index contributed by atoms with van der Waals surface area (Å²) in [6.07, 6.45) is 2.55. The molecule has 0 saturated heterocycles. The minimum atomic E-state index is -0.329. The first-order valence-electron chi connectivity index (χ1n) is 10.4. The van der Waals surface area contributed by atoms with Crippen LogP contribution in [0.5, 0.6) is 0 Å². The molecule has 1 heterocycles. The van der Waals surface area contributed by atoms with Crippen molar-refractivity contribution < 1.29 is 5.11 Å². The number of hydrogen-bond acceptors (Lipinski definition) is 6. The molecule has 9 heteroatoms. The normalized spacial score (nSPS) is 20.5. The van der Waals surface area contributed by atoms with Crippen LogP contribution in [0.1, 0.15) is 36.6 Å². The zero-order valence-electron chi connectivity index (χ0n) is 17.0. The number of aliphatic hydroxyl groups excluding tert-OH is 1. The standard InChI is InChI=1S/C22H25Cl2N5OS/c23-17-6-8-18(9-7-17)29-21(26-27-28-29)22(25-10-13-31-12-3-11-30)14-16(15-22)19-4-1-2-5-20(19)24/h1-2,4-9,16,25,30H,3,10-15H2. The molecule has 164 valence electrons. The summed E-state index contributed by atoms with van der Waals surface area (Å²) in [5.74, 6) is 3.06. The lowest BCUT2D eigenvalue weighted by Gasteiger charge is -2.47. The average molecular weight is 478 g/mol. The smallest absolute Gasteiger partial charge is 0.176 e. The van der Waals surface area contributed by atoms with Crippen molar-refractivity contribution in [3.63, 3.8) is 0 Å². The van der Waals surface area contributed by atoms with E-state index in [1.165, 1.54) is 5.56 Å². The second kappa shape index (κ2) is 10.3. The predicted octanol–water partition coefficient (Wildman–Crippen LogP) is 4.45. The van der Waals surface area contributed by atoms with Crippen LogP contribution in [0.15, 0.2) is 48.5 Å². The van der Waals surface area contributed by atoms with Crippen molar-refractivity contribution in [2.75, 3.05) is 24.7 Å². The molecule has 4 rings (SSSR count). The third kappa shape index (κ3) is 5.07. The van der Waals surface area contributed by atoms with Gasteiger partial charge in [-0.3, -0.25) is 0 Å². The van der Waals surface area contributed by atoms with Crippen LogP contribution in [0.25, 0.3) is 5.69 Å².